The molecule has 2 aromatic rings. The van der Waals surface area contributed by atoms with E-state index in [-0.39, 0.29) is 5.91 Å². The van der Waals surface area contributed by atoms with Gasteiger partial charge in [-0.3, -0.25) is 14.6 Å². The van der Waals surface area contributed by atoms with Crippen LogP contribution in [0.4, 0.5) is 5.69 Å². The first-order valence-corrected chi connectivity index (χ1v) is 10.2. The number of carbonyl (C=O) groups excluding carboxylic acids is 1. The Morgan fingerprint density at radius 1 is 1.00 bits per heavy atom. The number of nitrogens with zero attached hydrogens (tertiary/aromatic N) is 2. The maximum absolute atomic E-state index is 12.6. The second kappa shape index (κ2) is 10.5. The Bertz CT molecular complexity index is 813. The van der Waals surface area contributed by atoms with Crippen LogP contribution in [0, 0.1) is 0 Å². The summed E-state index contributed by atoms with van der Waals surface area (Å²) in [6, 6.07) is 13.4. The zero-order chi connectivity index (χ0) is 20.6. The largest absolute Gasteiger partial charge is 0.497 e. The minimum atomic E-state index is -0.0420. The number of carbonyl (C=O) groups is 1. The van der Waals surface area contributed by atoms with Crippen LogP contribution >= 0.6 is 11.6 Å². The number of rotatable bonds is 7. The molecule has 1 fully saturated rings. The third-order valence-corrected chi connectivity index (χ3v) is 5.30. The molecule has 2 aromatic carbocycles. The van der Waals surface area contributed by atoms with Crippen LogP contribution in [0.15, 0.2) is 42.5 Å². The molecule has 0 spiro atoms. The number of methoxy groups -OCH3 is 2. The standard InChI is InChI=1S/C22H28ClN3O3/c1-28-19-8-9-20(21(14-19)29-2)24-22(27)16-26-11-3-10-25(12-13-26)15-17-4-6-18(23)7-5-17/h4-9,14H,3,10-13,15-16H2,1-2H3,(H,24,27). The lowest BCUT2D eigenvalue weighted by atomic mass is 10.2. The van der Waals surface area contributed by atoms with E-state index in [1.165, 1.54) is 5.56 Å². The van der Waals surface area contributed by atoms with Crippen LogP contribution in [0.5, 0.6) is 11.5 Å². The van der Waals surface area contributed by atoms with Crippen LogP contribution < -0.4 is 14.8 Å². The molecule has 0 aromatic heterocycles. The number of hydrogen-bond donors (Lipinski definition) is 1. The summed E-state index contributed by atoms with van der Waals surface area (Å²) in [7, 11) is 3.18. The molecule has 7 heteroatoms. The van der Waals surface area contributed by atoms with E-state index in [0.717, 1.165) is 44.2 Å². The van der Waals surface area contributed by atoms with Crippen LogP contribution in [0.2, 0.25) is 5.02 Å². The molecule has 1 saturated heterocycles. The summed E-state index contributed by atoms with van der Waals surface area (Å²) in [5.74, 6) is 1.23. The van der Waals surface area contributed by atoms with Crippen molar-refractivity contribution in [2.24, 2.45) is 0 Å². The Labute approximate surface area is 177 Å². The predicted octanol–water partition coefficient (Wildman–Crippen LogP) is 3.50. The minimum absolute atomic E-state index is 0.0420. The number of halogens is 1. The zero-order valence-electron chi connectivity index (χ0n) is 17.0. The first-order chi connectivity index (χ1) is 14.1. The molecular formula is C22H28ClN3O3. The second-order valence-electron chi connectivity index (χ2n) is 7.15. The number of anilines is 1. The summed E-state index contributed by atoms with van der Waals surface area (Å²) in [4.78, 5) is 17.2. The molecule has 0 unspecified atom stereocenters. The van der Waals surface area contributed by atoms with E-state index in [9.17, 15) is 4.79 Å². The van der Waals surface area contributed by atoms with Gasteiger partial charge >= 0.3 is 0 Å². The fraction of sp³-hybridized carbons (Fsp3) is 0.409. The predicted molar refractivity (Wildman–Crippen MR) is 116 cm³/mol. The second-order valence-corrected chi connectivity index (χ2v) is 7.58. The average Bonchev–Trinajstić information content (AvgIpc) is 2.95. The van der Waals surface area contributed by atoms with E-state index in [2.05, 4.69) is 27.2 Å². The molecule has 29 heavy (non-hydrogen) atoms. The fourth-order valence-electron chi connectivity index (χ4n) is 3.48. The van der Waals surface area contributed by atoms with Crippen LogP contribution in [0.3, 0.4) is 0 Å². The van der Waals surface area contributed by atoms with E-state index in [4.69, 9.17) is 21.1 Å². The van der Waals surface area contributed by atoms with Crippen molar-refractivity contribution in [1.29, 1.82) is 0 Å². The molecule has 1 amide bonds. The number of amides is 1. The van der Waals surface area contributed by atoms with Crippen molar-refractivity contribution in [3.05, 3.63) is 53.1 Å². The first kappa shape index (κ1) is 21.4. The normalized spacial score (nSPS) is 15.6. The molecule has 6 nitrogen and oxygen atoms in total. The van der Waals surface area contributed by atoms with Crippen molar-refractivity contribution < 1.29 is 14.3 Å². The van der Waals surface area contributed by atoms with Crippen LogP contribution in [-0.2, 0) is 11.3 Å². The molecule has 1 aliphatic heterocycles. The number of nitrogens with one attached hydrogen (secondary N) is 1. The first-order valence-electron chi connectivity index (χ1n) is 9.78. The lowest BCUT2D eigenvalue weighted by molar-refractivity contribution is -0.117. The van der Waals surface area contributed by atoms with Gasteiger partial charge in [0.2, 0.25) is 5.91 Å². The molecular weight excluding hydrogens is 390 g/mol. The summed E-state index contributed by atoms with van der Waals surface area (Å²) >= 11 is 5.97. The number of hydrogen-bond acceptors (Lipinski definition) is 5. The molecule has 3 rings (SSSR count). The SMILES string of the molecule is COc1ccc(NC(=O)CN2CCCN(Cc3ccc(Cl)cc3)CC2)c(OC)c1. The van der Waals surface area contributed by atoms with Crippen molar-refractivity contribution in [2.45, 2.75) is 13.0 Å². The van der Waals surface area contributed by atoms with Gasteiger partial charge in [0.25, 0.3) is 0 Å². The molecule has 0 atom stereocenters. The minimum Gasteiger partial charge on any atom is -0.497 e. The summed E-state index contributed by atoms with van der Waals surface area (Å²) in [5.41, 5.74) is 1.91. The molecule has 1 N–H and O–H groups in total. The van der Waals surface area contributed by atoms with Gasteiger partial charge in [-0.25, -0.2) is 0 Å². The Hall–Kier alpha value is -2.28. The summed E-state index contributed by atoms with van der Waals surface area (Å²) in [5, 5.41) is 3.71. The highest BCUT2D eigenvalue weighted by Crippen LogP contribution is 2.29. The Balaban J connectivity index is 1.50. The van der Waals surface area contributed by atoms with E-state index in [0.29, 0.717) is 23.7 Å². The Kier molecular flexibility index (Phi) is 7.75. The van der Waals surface area contributed by atoms with Gasteiger partial charge in [-0.2, -0.15) is 0 Å². The number of ether oxygens (including phenoxy) is 2. The summed E-state index contributed by atoms with van der Waals surface area (Å²) in [6.07, 6.45) is 1.03. The van der Waals surface area contributed by atoms with Gasteiger partial charge in [0.15, 0.2) is 0 Å². The Morgan fingerprint density at radius 3 is 2.45 bits per heavy atom. The topological polar surface area (TPSA) is 54.0 Å². The quantitative estimate of drug-likeness (QED) is 0.747. The average molecular weight is 418 g/mol. The Morgan fingerprint density at radius 2 is 1.72 bits per heavy atom. The van der Waals surface area contributed by atoms with Crippen LogP contribution in [0.1, 0.15) is 12.0 Å². The molecule has 1 heterocycles. The maximum atomic E-state index is 12.6. The zero-order valence-corrected chi connectivity index (χ0v) is 17.7. The van der Waals surface area contributed by atoms with Crippen LogP contribution in [0.25, 0.3) is 0 Å². The van der Waals surface area contributed by atoms with Crippen molar-refractivity contribution >= 4 is 23.2 Å². The highest BCUT2D eigenvalue weighted by atomic mass is 35.5. The van der Waals surface area contributed by atoms with Gasteiger partial charge in [0.05, 0.1) is 26.5 Å². The number of benzene rings is 2. The highest BCUT2D eigenvalue weighted by molar-refractivity contribution is 6.30. The van der Waals surface area contributed by atoms with Gasteiger partial charge in [0.1, 0.15) is 11.5 Å². The van der Waals surface area contributed by atoms with Gasteiger partial charge in [-0.15, -0.1) is 0 Å². The lowest BCUT2D eigenvalue weighted by Gasteiger charge is -2.22. The molecule has 0 bridgehead atoms. The van der Waals surface area contributed by atoms with Crippen molar-refractivity contribution in [3.63, 3.8) is 0 Å². The molecule has 156 valence electrons. The summed E-state index contributed by atoms with van der Waals surface area (Å²) < 4.78 is 10.6. The molecule has 1 aliphatic rings. The van der Waals surface area contributed by atoms with Crippen LogP contribution in [-0.4, -0.2) is 62.7 Å². The molecule has 0 aliphatic carbocycles. The van der Waals surface area contributed by atoms with Crippen molar-refractivity contribution in [2.75, 3.05) is 52.3 Å². The van der Waals surface area contributed by atoms with Gasteiger partial charge in [0, 0.05) is 30.7 Å². The third kappa shape index (κ3) is 6.35. The van der Waals surface area contributed by atoms with Gasteiger partial charge in [-0.1, -0.05) is 23.7 Å². The van der Waals surface area contributed by atoms with E-state index >= 15 is 0 Å². The van der Waals surface area contributed by atoms with Crippen molar-refractivity contribution in [1.82, 2.24) is 9.80 Å². The van der Waals surface area contributed by atoms with E-state index in [1.807, 2.05) is 12.1 Å². The van der Waals surface area contributed by atoms with Gasteiger partial charge < -0.3 is 14.8 Å². The smallest absolute Gasteiger partial charge is 0.238 e. The van der Waals surface area contributed by atoms with E-state index < -0.39 is 0 Å². The molecule has 0 saturated carbocycles. The van der Waals surface area contributed by atoms with Crippen molar-refractivity contribution in [3.8, 4) is 11.5 Å². The summed E-state index contributed by atoms with van der Waals surface area (Å²) in [6.45, 7) is 4.99. The monoisotopic (exact) mass is 417 g/mol. The maximum Gasteiger partial charge on any atom is 0.238 e. The van der Waals surface area contributed by atoms with E-state index in [1.54, 1.807) is 32.4 Å². The highest BCUT2D eigenvalue weighted by Gasteiger charge is 2.18. The fourth-order valence-corrected chi connectivity index (χ4v) is 3.61. The molecule has 0 radical (unpaired) electrons. The lowest BCUT2D eigenvalue weighted by Crippen LogP contribution is -2.36. The third-order valence-electron chi connectivity index (χ3n) is 5.05. The van der Waals surface area contributed by atoms with Gasteiger partial charge in [-0.05, 0) is 49.3 Å².